The molecular formula is C31H26N2O4S2. The molecule has 1 saturated heterocycles. The van der Waals surface area contributed by atoms with Crippen LogP contribution in [-0.4, -0.2) is 24.4 Å². The summed E-state index contributed by atoms with van der Waals surface area (Å²) in [5, 5.41) is 0.588. The van der Waals surface area contributed by atoms with Crippen LogP contribution in [0, 0.1) is 6.92 Å². The zero-order valence-corrected chi connectivity index (χ0v) is 22.9. The van der Waals surface area contributed by atoms with Crippen molar-refractivity contribution in [2.75, 3.05) is 0 Å². The molecule has 0 N–H and O–H groups in total. The molecule has 196 valence electrons. The first-order chi connectivity index (χ1) is 18.9. The Labute approximate surface area is 232 Å². The Bertz CT molecular complexity index is 1630. The van der Waals surface area contributed by atoms with Gasteiger partial charge in [0, 0.05) is 5.56 Å². The van der Waals surface area contributed by atoms with Crippen LogP contribution >= 0.6 is 11.8 Å². The third-order valence-corrected chi connectivity index (χ3v) is 8.32. The number of rotatable bonds is 8. The van der Waals surface area contributed by atoms with Crippen LogP contribution in [0.2, 0.25) is 0 Å². The van der Waals surface area contributed by atoms with E-state index in [0.717, 1.165) is 16.7 Å². The van der Waals surface area contributed by atoms with Gasteiger partial charge in [-0.15, -0.1) is 0 Å². The standard InChI is InChI=1S/C31H26N2O4S2/c1-23-16-18-27(19-17-23)39(35,36)37-28-15-9-8-14-26(28)20-29-30(34)33(22-25-12-6-3-7-13-25)31(38-29)32-21-24-10-4-2-5-11-24/h2-20H,21-22H2,1H3/b29-20+,32-31?. The number of carbonyl (C=O) groups is 1. The first kappa shape index (κ1) is 26.5. The lowest BCUT2D eigenvalue weighted by molar-refractivity contribution is -0.122. The fourth-order valence-corrected chi connectivity index (χ4v) is 5.88. The van der Waals surface area contributed by atoms with Crippen molar-refractivity contribution >= 4 is 39.0 Å². The number of amides is 1. The average molecular weight is 555 g/mol. The Kier molecular flexibility index (Phi) is 7.95. The number of hydrogen-bond acceptors (Lipinski definition) is 6. The Balaban J connectivity index is 1.45. The highest BCUT2D eigenvalue weighted by atomic mass is 32.2. The predicted molar refractivity (Wildman–Crippen MR) is 156 cm³/mol. The Morgan fingerprint density at radius 2 is 1.44 bits per heavy atom. The molecule has 0 aliphatic carbocycles. The number of nitrogens with zero attached hydrogens (tertiary/aromatic N) is 2. The van der Waals surface area contributed by atoms with Crippen molar-refractivity contribution in [1.29, 1.82) is 0 Å². The van der Waals surface area contributed by atoms with Gasteiger partial charge >= 0.3 is 10.1 Å². The molecule has 0 radical (unpaired) electrons. The summed E-state index contributed by atoms with van der Waals surface area (Å²) in [5.74, 6) is -0.0601. The summed E-state index contributed by atoms with van der Waals surface area (Å²) in [6.07, 6.45) is 1.66. The largest absolute Gasteiger partial charge is 0.378 e. The molecule has 1 fully saturated rings. The van der Waals surface area contributed by atoms with Gasteiger partial charge in [-0.05, 0) is 54.1 Å². The molecule has 0 atom stereocenters. The summed E-state index contributed by atoms with van der Waals surface area (Å²) in [4.78, 5) is 20.5. The maximum absolute atomic E-state index is 13.6. The second-order valence-electron chi connectivity index (χ2n) is 8.96. The van der Waals surface area contributed by atoms with Crippen LogP contribution < -0.4 is 4.18 Å². The van der Waals surface area contributed by atoms with E-state index in [1.165, 1.54) is 23.9 Å². The van der Waals surface area contributed by atoms with E-state index in [4.69, 9.17) is 9.18 Å². The zero-order chi connectivity index (χ0) is 27.2. The highest BCUT2D eigenvalue weighted by molar-refractivity contribution is 8.18. The van der Waals surface area contributed by atoms with Gasteiger partial charge in [0.2, 0.25) is 0 Å². The second kappa shape index (κ2) is 11.7. The first-order valence-corrected chi connectivity index (χ1v) is 14.6. The quantitative estimate of drug-likeness (QED) is 0.185. The van der Waals surface area contributed by atoms with Gasteiger partial charge in [-0.25, -0.2) is 0 Å². The van der Waals surface area contributed by atoms with Crippen molar-refractivity contribution in [2.24, 2.45) is 4.99 Å². The molecule has 5 rings (SSSR count). The predicted octanol–water partition coefficient (Wildman–Crippen LogP) is 6.44. The minimum Gasteiger partial charge on any atom is -0.378 e. The van der Waals surface area contributed by atoms with Crippen molar-refractivity contribution in [3.05, 3.63) is 136 Å². The number of aryl methyl sites for hydroxylation is 1. The Hall–Kier alpha value is -4.14. The summed E-state index contributed by atoms with van der Waals surface area (Å²) in [6.45, 7) is 2.69. The minimum absolute atomic E-state index is 0.0613. The molecule has 0 saturated carbocycles. The molecule has 1 aliphatic heterocycles. The number of carbonyl (C=O) groups excluding carboxylic acids is 1. The molecular weight excluding hydrogens is 528 g/mol. The molecule has 0 unspecified atom stereocenters. The highest BCUT2D eigenvalue weighted by Crippen LogP contribution is 2.36. The normalized spacial score (nSPS) is 15.7. The van der Waals surface area contributed by atoms with Crippen LogP contribution in [0.3, 0.4) is 0 Å². The van der Waals surface area contributed by atoms with Gasteiger partial charge in [0.25, 0.3) is 5.91 Å². The smallest absolute Gasteiger partial charge is 0.339 e. The van der Waals surface area contributed by atoms with Crippen LogP contribution in [0.15, 0.2) is 124 Å². The molecule has 0 bridgehead atoms. The lowest BCUT2D eigenvalue weighted by Gasteiger charge is -2.15. The molecule has 1 amide bonds. The van der Waals surface area contributed by atoms with E-state index in [2.05, 4.69) is 0 Å². The van der Waals surface area contributed by atoms with Crippen LogP contribution in [0.25, 0.3) is 6.08 Å². The summed E-state index contributed by atoms with van der Waals surface area (Å²) >= 11 is 1.27. The number of para-hydroxylation sites is 1. The third kappa shape index (κ3) is 6.47. The molecule has 1 aliphatic rings. The van der Waals surface area contributed by atoms with Gasteiger partial charge in [0.05, 0.1) is 18.0 Å². The van der Waals surface area contributed by atoms with E-state index >= 15 is 0 Å². The topological polar surface area (TPSA) is 76.0 Å². The summed E-state index contributed by atoms with van der Waals surface area (Å²) in [6, 6.07) is 32.8. The number of thioether (sulfide) groups is 1. The van der Waals surface area contributed by atoms with Gasteiger partial charge in [-0.3, -0.25) is 14.7 Å². The van der Waals surface area contributed by atoms with E-state index in [1.807, 2.05) is 67.6 Å². The van der Waals surface area contributed by atoms with Crippen LogP contribution in [0.5, 0.6) is 5.75 Å². The average Bonchev–Trinajstić information content (AvgIpc) is 3.23. The monoisotopic (exact) mass is 554 g/mol. The van der Waals surface area contributed by atoms with Crippen LogP contribution in [-0.2, 0) is 28.0 Å². The Morgan fingerprint density at radius 3 is 2.13 bits per heavy atom. The van der Waals surface area contributed by atoms with Crippen molar-refractivity contribution in [1.82, 2.24) is 4.90 Å². The molecule has 8 heteroatoms. The fraction of sp³-hybridized carbons (Fsp3) is 0.0968. The summed E-state index contributed by atoms with van der Waals surface area (Å²) in [5.41, 5.74) is 3.44. The van der Waals surface area contributed by atoms with E-state index < -0.39 is 10.1 Å². The zero-order valence-electron chi connectivity index (χ0n) is 21.2. The highest BCUT2D eigenvalue weighted by Gasteiger charge is 2.33. The number of benzene rings is 4. The van der Waals surface area contributed by atoms with Gasteiger partial charge < -0.3 is 4.18 Å². The Morgan fingerprint density at radius 1 is 0.821 bits per heavy atom. The third-order valence-electron chi connectivity index (χ3n) is 6.03. The van der Waals surface area contributed by atoms with Gasteiger partial charge in [0.15, 0.2) is 5.17 Å². The van der Waals surface area contributed by atoms with Gasteiger partial charge in [-0.1, -0.05) is 96.6 Å². The number of hydrogen-bond donors (Lipinski definition) is 0. The fourth-order valence-electron chi connectivity index (χ4n) is 3.96. The van der Waals surface area contributed by atoms with Crippen LogP contribution in [0.4, 0.5) is 0 Å². The van der Waals surface area contributed by atoms with E-state index in [-0.39, 0.29) is 16.6 Å². The number of aliphatic imine (C=N–C) groups is 1. The number of amidine groups is 1. The van der Waals surface area contributed by atoms with Crippen molar-refractivity contribution < 1.29 is 17.4 Å². The molecule has 39 heavy (non-hydrogen) atoms. The lowest BCUT2D eigenvalue weighted by Crippen LogP contribution is -2.28. The maximum Gasteiger partial charge on any atom is 0.339 e. The molecule has 0 aromatic heterocycles. The molecule has 4 aromatic carbocycles. The molecule has 4 aromatic rings. The van der Waals surface area contributed by atoms with Crippen molar-refractivity contribution in [3.63, 3.8) is 0 Å². The minimum atomic E-state index is -4.06. The lowest BCUT2D eigenvalue weighted by atomic mass is 10.2. The first-order valence-electron chi connectivity index (χ1n) is 12.3. The van der Waals surface area contributed by atoms with Crippen molar-refractivity contribution in [3.8, 4) is 5.75 Å². The van der Waals surface area contributed by atoms with E-state index in [0.29, 0.717) is 28.7 Å². The molecule has 0 spiro atoms. The van der Waals surface area contributed by atoms with Crippen molar-refractivity contribution in [2.45, 2.75) is 24.9 Å². The van der Waals surface area contributed by atoms with Gasteiger partial charge in [0.1, 0.15) is 10.6 Å². The molecule has 1 heterocycles. The second-order valence-corrected chi connectivity index (χ2v) is 11.5. The van der Waals surface area contributed by atoms with Crippen LogP contribution in [0.1, 0.15) is 22.3 Å². The van der Waals surface area contributed by atoms with E-state index in [1.54, 1.807) is 47.4 Å². The SMILES string of the molecule is Cc1ccc(S(=O)(=O)Oc2ccccc2/C=C2/SC(=NCc3ccccc3)N(Cc3ccccc3)C2=O)cc1. The van der Waals surface area contributed by atoms with E-state index in [9.17, 15) is 13.2 Å². The summed E-state index contributed by atoms with van der Waals surface area (Å²) in [7, 11) is -4.06. The van der Waals surface area contributed by atoms with Gasteiger partial charge in [-0.2, -0.15) is 8.42 Å². The maximum atomic E-state index is 13.6. The summed E-state index contributed by atoms with van der Waals surface area (Å²) < 4.78 is 31.4. The molecule has 6 nitrogen and oxygen atoms in total.